The van der Waals surface area contributed by atoms with Crippen molar-refractivity contribution in [2.24, 2.45) is 0 Å². The smallest absolute Gasteiger partial charge is 0.217 e. The molecule has 6 atom stereocenters. The van der Waals surface area contributed by atoms with E-state index in [0.29, 0.717) is 6.61 Å². The lowest BCUT2D eigenvalue weighted by molar-refractivity contribution is -0.348. The number of carbonyl (C=O) groups is 1. The van der Waals surface area contributed by atoms with Crippen LogP contribution in [-0.2, 0) is 35.1 Å². The van der Waals surface area contributed by atoms with Crippen LogP contribution in [0.15, 0.2) is 60.7 Å². The van der Waals surface area contributed by atoms with Gasteiger partial charge in [-0.2, -0.15) is 0 Å². The fourth-order valence-corrected chi connectivity index (χ4v) is 3.98. The summed E-state index contributed by atoms with van der Waals surface area (Å²) in [6, 6.07) is 18.8. The highest BCUT2D eigenvalue weighted by Crippen LogP contribution is 2.35. The van der Waals surface area contributed by atoms with E-state index >= 15 is 0 Å². The molecule has 2 aliphatic heterocycles. The van der Waals surface area contributed by atoms with E-state index < -0.39 is 36.9 Å². The summed E-state index contributed by atoms with van der Waals surface area (Å²) in [6.07, 6.45) is 2.60. The van der Waals surface area contributed by atoms with E-state index in [2.05, 4.69) is 11.2 Å². The SMILES string of the molecule is C#CCO[C@@H]1[C@H](NC(C)=O)[C@H](OCc2ccccc2)O[C@@H]2CO[C@H](c3ccccc3)O[C@@H]12. The number of nitrogens with one attached hydrogen (secondary N) is 1. The van der Waals surface area contributed by atoms with Crippen LogP contribution >= 0.6 is 0 Å². The van der Waals surface area contributed by atoms with E-state index in [1.807, 2.05) is 60.7 Å². The number of hydrogen-bond acceptors (Lipinski definition) is 6. The third-order valence-electron chi connectivity index (χ3n) is 5.40. The average Bonchev–Trinajstić information content (AvgIpc) is 2.82. The van der Waals surface area contributed by atoms with Crippen LogP contribution in [-0.4, -0.2) is 49.8 Å². The van der Waals surface area contributed by atoms with Gasteiger partial charge in [0.2, 0.25) is 5.91 Å². The number of hydrogen-bond donors (Lipinski definition) is 1. The molecule has 7 heteroatoms. The van der Waals surface area contributed by atoms with Crippen LogP contribution in [0.25, 0.3) is 0 Å². The Bertz CT molecular complexity index is 915. The lowest BCUT2D eigenvalue weighted by Crippen LogP contribution is -2.67. The van der Waals surface area contributed by atoms with Crippen molar-refractivity contribution in [2.45, 2.75) is 50.5 Å². The molecule has 0 aromatic heterocycles. The van der Waals surface area contributed by atoms with Crippen LogP contribution < -0.4 is 5.32 Å². The molecule has 2 aromatic rings. The van der Waals surface area contributed by atoms with E-state index in [4.69, 9.17) is 30.1 Å². The van der Waals surface area contributed by atoms with Crippen LogP contribution in [0.2, 0.25) is 0 Å². The van der Waals surface area contributed by atoms with Crippen LogP contribution in [0, 0.1) is 12.3 Å². The second kappa shape index (κ2) is 10.7. The molecular weight excluding hydrogens is 410 g/mol. The summed E-state index contributed by atoms with van der Waals surface area (Å²) in [5, 5.41) is 2.91. The third-order valence-corrected chi connectivity index (χ3v) is 5.40. The van der Waals surface area contributed by atoms with Crippen LogP contribution in [0.4, 0.5) is 0 Å². The zero-order valence-corrected chi connectivity index (χ0v) is 17.9. The predicted molar refractivity (Wildman–Crippen MR) is 116 cm³/mol. The summed E-state index contributed by atoms with van der Waals surface area (Å²) in [5.41, 5.74) is 1.88. The van der Waals surface area contributed by atoms with Crippen molar-refractivity contribution in [3.63, 3.8) is 0 Å². The van der Waals surface area contributed by atoms with Gasteiger partial charge in [-0.05, 0) is 5.56 Å². The molecule has 1 amide bonds. The Balaban J connectivity index is 1.55. The van der Waals surface area contributed by atoms with Crippen molar-refractivity contribution in [3.8, 4) is 12.3 Å². The molecule has 7 nitrogen and oxygen atoms in total. The van der Waals surface area contributed by atoms with Crippen molar-refractivity contribution >= 4 is 5.91 Å². The summed E-state index contributed by atoms with van der Waals surface area (Å²) in [7, 11) is 0. The van der Waals surface area contributed by atoms with Crippen molar-refractivity contribution in [3.05, 3.63) is 71.8 Å². The molecule has 2 saturated heterocycles. The standard InChI is InChI=1S/C25H27NO6/c1-3-14-28-23-21(26-17(2)27)25(29-15-18-10-6-4-7-11-18)31-20-16-30-24(32-22(20)23)19-12-8-5-9-13-19/h1,4-13,20-25H,14-16H2,2H3,(H,26,27)/t20-,21+,22-,23-,24+,25-/m1/s1. The molecule has 0 unspecified atom stereocenters. The van der Waals surface area contributed by atoms with E-state index in [9.17, 15) is 4.79 Å². The number of amides is 1. The second-order valence-corrected chi connectivity index (χ2v) is 7.72. The highest BCUT2D eigenvalue weighted by atomic mass is 16.7. The molecule has 0 spiro atoms. The van der Waals surface area contributed by atoms with Gasteiger partial charge in [0, 0.05) is 12.5 Å². The number of fused-ring (bicyclic) bond motifs is 1. The van der Waals surface area contributed by atoms with Gasteiger partial charge in [0.05, 0.1) is 13.2 Å². The minimum absolute atomic E-state index is 0.0651. The Morgan fingerprint density at radius 2 is 1.81 bits per heavy atom. The van der Waals surface area contributed by atoms with E-state index in [-0.39, 0.29) is 19.1 Å². The van der Waals surface area contributed by atoms with Crippen molar-refractivity contribution in [1.29, 1.82) is 0 Å². The van der Waals surface area contributed by atoms with Crippen LogP contribution in [0.5, 0.6) is 0 Å². The first kappa shape index (κ1) is 22.5. The minimum Gasteiger partial charge on any atom is -0.360 e. The van der Waals surface area contributed by atoms with Gasteiger partial charge in [-0.3, -0.25) is 4.79 Å². The molecule has 168 valence electrons. The molecule has 2 aliphatic rings. The highest BCUT2D eigenvalue weighted by Gasteiger charge is 2.51. The van der Waals surface area contributed by atoms with Gasteiger partial charge in [0.1, 0.15) is 31.0 Å². The minimum atomic E-state index is -0.761. The molecule has 0 radical (unpaired) electrons. The maximum atomic E-state index is 12.0. The number of ether oxygens (including phenoxy) is 5. The predicted octanol–water partition coefficient (Wildman–Crippen LogP) is 2.57. The summed E-state index contributed by atoms with van der Waals surface area (Å²) in [4.78, 5) is 12.0. The summed E-state index contributed by atoms with van der Waals surface area (Å²) < 4.78 is 30.5. The Morgan fingerprint density at radius 3 is 2.50 bits per heavy atom. The maximum Gasteiger partial charge on any atom is 0.217 e. The molecule has 2 heterocycles. The van der Waals surface area contributed by atoms with Gasteiger partial charge in [0.15, 0.2) is 12.6 Å². The lowest BCUT2D eigenvalue weighted by atomic mass is 9.95. The quantitative estimate of drug-likeness (QED) is 0.671. The molecule has 0 aliphatic carbocycles. The van der Waals surface area contributed by atoms with Crippen molar-refractivity contribution in [2.75, 3.05) is 13.2 Å². The topological polar surface area (TPSA) is 75.3 Å². The lowest BCUT2D eigenvalue weighted by Gasteiger charge is -2.49. The van der Waals surface area contributed by atoms with Gasteiger partial charge in [-0.15, -0.1) is 6.42 Å². The van der Waals surface area contributed by atoms with Crippen LogP contribution in [0.3, 0.4) is 0 Å². The molecule has 4 rings (SSSR count). The van der Waals surface area contributed by atoms with Gasteiger partial charge in [-0.25, -0.2) is 0 Å². The molecule has 32 heavy (non-hydrogen) atoms. The summed E-state index contributed by atoms with van der Waals surface area (Å²) in [5.74, 6) is 2.27. The number of terminal acetylenes is 1. The molecule has 2 aromatic carbocycles. The van der Waals surface area contributed by atoms with Gasteiger partial charge < -0.3 is 29.0 Å². The Morgan fingerprint density at radius 1 is 1.09 bits per heavy atom. The third kappa shape index (κ3) is 5.36. The highest BCUT2D eigenvalue weighted by molar-refractivity contribution is 5.73. The zero-order valence-electron chi connectivity index (χ0n) is 17.9. The molecule has 0 saturated carbocycles. The largest absolute Gasteiger partial charge is 0.360 e. The molecule has 1 N–H and O–H groups in total. The number of rotatable bonds is 7. The fraction of sp³-hybridized carbons (Fsp3) is 0.400. The van der Waals surface area contributed by atoms with Gasteiger partial charge in [-0.1, -0.05) is 66.6 Å². The monoisotopic (exact) mass is 437 g/mol. The van der Waals surface area contributed by atoms with Crippen LogP contribution in [0.1, 0.15) is 24.3 Å². The average molecular weight is 437 g/mol. The van der Waals surface area contributed by atoms with Crippen molar-refractivity contribution < 1.29 is 28.5 Å². The Kier molecular flexibility index (Phi) is 7.53. The van der Waals surface area contributed by atoms with Crippen molar-refractivity contribution in [1.82, 2.24) is 5.32 Å². The van der Waals surface area contributed by atoms with Gasteiger partial charge >= 0.3 is 0 Å². The van der Waals surface area contributed by atoms with E-state index in [1.165, 1.54) is 6.92 Å². The second-order valence-electron chi connectivity index (χ2n) is 7.72. The molecule has 2 fully saturated rings. The van der Waals surface area contributed by atoms with Gasteiger partial charge in [0.25, 0.3) is 0 Å². The number of benzene rings is 2. The first-order valence-corrected chi connectivity index (χ1v) is 10.6. The Labute approximate surface area is 187 Å². The first-order chi connectivity index (χ1) is 15.7. The maximum absolute atomic E-state index is 12.0. The van der Waals surface area contributed by atoms with E-state index in [0.717, 1.165) is 11.1 Å². The normalized spacial score (nSPS) is 29.5. The fourth-order valence-electron chi connectivity index (χ4n) is 3.98. The Hall–Kier alpha value is -2.73. The van der Waals surface area contributed by atoms with E-state index in [1.54, 1.807) is 0 Å². The summed E-state index contributed by atoms with van der Waals surface area (Å²) >= 11 is 0. The molecular formula is C25H27NO6. The number of carbonyl (C=O) groups excluding carboxylic acids is 1. The first-order valence-electron chi connectivity index (χ1n) is 10.6. The summed E-state index contributed by atoms with van der Waals surface area (Å²) in [6.45, 7) is 2.11. The zero-order chi connectivity index (χ0) is 22.3. The molecule has 0 bridgehead atoms.